The van der Waals surface area contributed by atoms with Gasteiger partial charge < -0.3 is 25.4 Å². The maximum atomic E-state index is 11.9. The molecule has 3 N–H and O–H groups in total. The molecule has 1 rings (SSSR count). The van der Waals surface area contributed by atoms with Crippen molar-refractivity contribution >= 4 is 35.8 Å². The zero-order chi connectivity index (χ0) is 16.8. The van der Waals surface area contributed by atoms with Crippen LogP contribution in [0.5, 0.6) is 0 Å². The second kappa shape index (κ2) is 15.9. The Labute approximate surface area is 162 Å². The van der Waals surface area contributed by atoms with Gasteiger partial charge in [0.05, 0.1) is 19.8 Å². The lowest BCUT2D eigenvalue weighted by molar-refractivity contribution is -0.120. The van der Waals surface area contributed by atoms with Gasteiger partial charge in [-0.2, -0.15) is 0 Å². The van der Waals surface area contributed by atoms with Crippen LogP contribution < -0.4 is 16.0 Å². The Balaban J connectivity index is 0.00000529. The third-order valence-corrected chi connectivity index (χ3v) is 3.80. The summed E-state index contributed by atoms with van der Waals surface area (Å²) < 4.78 is 10.3. The van der Waals surface area contributed by atoms with E-state index in [2.05, 4.69) is 20.9 Å². The number of hydrogen-bond donors (Lipinski definition) is 3. The first kappa shape index (κ1) is 23.4. The molecule has 8 heteroatoms. The Hall–Kier alpha value is -0.610. The third kappa shape index (κ3) is 11.9. The van der Waals surface area contributed by atoms with E-state index in [1.807, 2.05) is 0 Å². The summed E-state index contributed by atoms with van der Waals surface area (Å²) in [5.74, 6) is 0.670. The first-order valence-electron chi connectivity index (χ1n) is 8.57. The van der Waals surface area contributed by atoms with Gasteiger partial charge in [0.15, 0.2) is 5.96 Å². The first-order valence-corrected chi connectivity index (χ1v) is 8.57. The van der Waals surface area contributed by atoms with Crippen LogP contribution in [0.3, 0.4) is 0 Å². The minimum absolute atomic E-state index is 0. The molecule has 0 unspecified atom stereocenters. The Morgan fingerprint density at radius 2 is 1.88 bits per heavy atom. The molecule has 1 aliphatic carbocycles. The Morgan fingerprint density at radius 1 is 1.12 bits per heavy atom. The highest BCUT2D eigenvalue weighted by Gasteiger charge is 2.15. The van der Waals surface area contributed by atoms with Crippen molar-refractivity contribution in [3.8, 4) is 0 Å². The highest BCUT2D eigenvalue weighted by molar-refractivity contribution is 14.0. The average molecular weight is 456 g/mol. The Kier molecular flexibility index (Phi) is 15.5. The fourth-order valence-electron chi connectivity index (χ4n) is 2.54. The summed E-state index contributed by atoms with van der Waals surface area (Å²) in [7, 11) is 3.36. The topological polar surface area (TPSA) is 84.0 Å². The van der Waals surface area contributed by atoms with Crippen molar-refractivity contribution in [2.24, 2.45) is 4.99 Å². The summed E-state index contributed by atoms with van der Waals surface area (Å²) in [5.41, 5.74) is 0. The maximum absolute atomic E-state index is 11.9. The zero-order valence-corrected chi connectivity index (χ0v) is 17.3. The normalized spacial score (nSPS) is 15.5. The van der Waals surface area contributed by atoms with Gasteiger partial charge in [-0.3, -0.25) is 9.79 Å². The molecule has 1 saturated carbocycles. The molecule has 1 amide bonds. The quantitative estimate of drug-likeness (QED) is 0.200. The van der Waals surface area contributed by atoms with Crippen LogP contribution in [0.2, 0.25) is 0 Å². The van der Waals surface area contributed by atoms with Crippen molar-refractivity contribution in [1.29, 1.82) is 0 Å². The van der Waals surface area contributed by atoms with E-state index in [9.17, 15) is 4.79 Å². The van der Waals surface area contributed by atoms with E-state index in [0.29, 0.717) is 31.8 Å². The lowest BCUT2D eigenvalue weighted by Gasteiger charge is -2.23. The smallest absolute Gasteiger partial charge is 0.239 e. The third-order valence-electron chi connectivity index (χ3n) is 3.80. The number of methoxy groups -OCH3 is 1. The van der Waals surface area contributed by atoms with Gasteiger partial charge in [0, 0.05) is 33.4 Å². The van der Waals surface area contributed by atoms with E-state index in [1.54, 1.807) is 14.2 Å². The highest BCUT2D eigenvalue weighted by atomic mass is 127. The molecule has 1 aliphatic rings. The van der Waals surface area contributed by atoms with Gasteiger partial charge in [-0.15, -0.1) is 24.0 Å². The molecule has 0 heterocycles. The largest absolute Gasteiger partial charge is 0.382 e. The fourth-order valence-corrected chi connectivity index (χ4v) is 2.54. The lowest BCUT2D eigenvalue weighted by atomic mass is 9.95. The molecule has 7 nitrogen and oxygen atoms in total. The summed E-state index contributed by atoms with van der Waals surface area (Å²) in [4.78, 5) is 16.0. The van der Waals surface area contributed by atoms with Crippen LogP contribution >= 0.6 is 24.0 Å². The van der Waals surface area contributed by atoms with Crippen LogP contribution in [0.4, 0.5) is 0 Å². The molecule has 142 valence electrons. The molecule has 0 aromatic carbocycles. The molecule has 0 aromatic rings. The number of rotatable bonds is 10. The van der Waals surface area contributed by atoms with E-state index < -0.39 is 0 Å². The summed E-state index contributed by atoms with van der Waals surface area (Å²) in [6, 6.07) is 0.345. The number of ether oxygens (including phenoxy) is 2. The second-order valence-electron chi connectivity index (χ2n) is 5.71. The number of nitrogens with zero attached hydrogens (tertiary/aromatic N) is 1. The van der Waals surface area contributed by atoms with Crippen LogP contribution in [0, 0.1) is 0 Å². The number of hydrogen-bond acceptors (Lipinski definition) is 4. The molecule has 0 atom stereocenters. The van der Waals surface area contributed by atoms with E-state index >= 15 is 0 Å². The maximum Gasteiger partial charge on any atom is 0.239 e. The van der Waals surface area contributed by atoms with Gasteiger partial charge in [-0.1, -0.05) is 19.3 Å². The predicted octanol–water partition coefficient (Wildman–Crippen LogP) is 1.27. The molecule has 0 saturated heterocycles. The van der Waals surface area contributed by atoms with E-state index in [4.69, 9.17) is 9.47 Å². The molecule has 24 heavy (non-hydrogen) atoms. The summed E-state index contributed by atoms with van der Waals surface area (Å²) in [5, 5.41) is 9.28. The molecule has 1 fully saturated rings. The van der Waals surface area contributed by atoms with Crippen LogP contribution in [0.1, 0.15) is 38.5 Å². The Morgan fingerprint density at radius 3 is 2.54 bits per heavy atom. The van der Waals surface area contributed by atoms with Crippen molar-refractivity contribution in [3.63, 3.8) is 0 Å². The van der Waals surface area contributed by atoms with E-state index in [-0.39, 0.29) is 36.4 Å². The summed E-state index contributed by atoms with van der Waals surface area (Å²) in [6.07, 6.45) is 6.79. The van der Waals surface area contributed by atoms with Gasteiger partial charge >= 0.3 is 0 Å². The number of amides is 1. The predicted molar refractivity (Wildman–Crippen MR) is 107 cm³/mol. The monoisotopic (exact) mass is 456 g/mol. The van der Waals surface area contributed by atoms with Crippen LogP contribution in [0.15, 0.2) is 4.99 Å². The molecule has 0 aliphatic heterocycles. The SMILES string of the molecule is CN=C(NCCCOCCOC)NCC(=O)NC1CCCCC1.I. The van der Waals surface area contributed by atoms with Gasteiger partial charge in [-0.05, 0) is 19.3 Å². The van der Waals surface area contributed by atoms with Crippen molar-refractivity contribution in [2.75, 3.05) is 47.1 Å². The Bertz CT molecular complexity index is 350. The number of halogens is 1. The summed E-state index contributed by atoms with van der Waals surface area (Å²) >= 11 is 0. The first-order chi connectivity index (χ1) is 11.3. The van der Waals surface area contributed by atoms with Gasteiger partial charge in [0.25, 0.3) is 0 Å². The molecule has 0 bridgehead atoms. The highest BCUT2D eigenvalue weighted by Crippen LogP contribution is 2.16. The van der Waals surface area contributed by atoms with Gasteiger partial charge in [0.2, 0.25) is 5.91 Å². The minimum Gasteiger partial charge on any atom is -0.382 e. The van der Waals surface area contributed by atoms with Crippen molar-refractivity contribution < 1.29 is 14.3 Å². The fraction of sp³-hybridized carbons (Fsp3) is 0.875. The molecule has 0 radical (unpaired) electrons. The standard InChI is InChI=1S/C16H32N4O3.HI/c1-17-16(18-9-6-10-23-12-11-22-2)19-13-15(21)20-14-7-4-3-5-8-14;/h14H,3-13H2,1-2H3,(H,20,21)(H2,17,18,19);1H. The second-order valence-corrected chi connectivity index (χ2v) is 5.71. The van der Waals surface area contributed by atoms with Crippen LogP contribution in [-0.2, 0) is 14.3 Å². The van der Waals surface area contributed by atoms with Gasteiger partial charge in [0.1, 0.15) is 0 Å². The van der Waals surface area contributed by atoms with E-state index in [1.165, 1.54) is 19.3 Å². The van der Waals surface area contributed by atoms with Crippen molar-refractivity contribution in [1.82, 2.24) is 16.0 Å². The van der Waals surface area contributed by atoms with Crippen LogP contribution in [-0.4, -0.2) is 65.0 Å². The number of carbonyl (C=O) groups excluding carboxylic acids is 1. The molecular weight excluding hydrogens is 423 g/mol. The van der Waals surface area contributed by atoms with Crippen molar-refractivity contribution in [3.05, 3.63) is 0 Å². The zero-order valence-electron chi connectivity index (χ0n) is 14.9. The molecule has 0 aromatic heterocycles. The number of guanidine groups is 1. The lowest BCUT2D eigenvalue weighted by Crippen LogP contribution is -2.46. The van der Waals surface area contributed by atoms with Crippen molar-refractivity contribution in [2.45, 2.75) is 44.6 Å². The molecular formula is C16H33IN4O3. The average Bonchev–Trinajstić information content (AvgIpc) is 2.57. The van der Waals surface area contributed by atoms with Crippen LogP contribution in [0.25, 0.3) is 0 Å². The van der Waals surface area contributed by atoms with E-state index in [0.717, 1.165) is 25.8 Å². The number of carbonyl (C=O) groups is 1. The summed E-state index contributed by atoms with van der Waals surface area (Å²) in [6.45, 7) is 2.91. The number of nitrogens with one attached hydrogen (secondary N) is 3. The van der Waals surface area contributed by atoms with Gasteiger partial charge in [-0.25, -0.2) is 0 Å². The molecule has 0 spiro atoms. The number of aliphatic imine (C=N–C) groups is 1. The minimum atomic E-state index is 0.